The average molecular weight is 737 g/mol. The Morgan fingerprint density at radius 3 is 1.47 bits per heavy atom. The topological polar surface area (TPSA) is 51.6 Å². The fourth-order valence-corrected chi connectivity index (χ4v) is 9.08. The third-order valence-electron chi connectivity index (χ3n) is 11.7. The van der Waals surface area contributed by atoms with Crippen molar-refractivity contribution in [2.24, 2.45) is 0 Å². The summed E-state index contributed by atoms with van der Waals surface area (Å²) < 4.78 is 0. The second kappa shape index (κ2) is 12.9. The highest BCUT2D eigenvalue weighted by molar-refractivity contribution is 6.37. The molecule has 0 saturated carbocycles. The van der Waals surface area contributed by atoms with Gasteiger partial charge in [0.2, 0.25) is 0 Å². The van der Waals surface area contributed by atoms with Crippen molar-refractivity contribution >= 4 is 64.6 Å². The van der Waals surface area contributed by atoms with E-state index in [1.807, 2.05) is 54.7 Å². The molecule has 0 saturated heterocycles. The molecule has 12 rings (SSSR count). The molecule has 0 N–H and O–H groups in total. The molecule has 2 aromatic heterocycles. The molecular weight excluding hydrogens is 705 g/mol. The lowest BCUT2D eigenvalue weighted by Gasteiger charge is -2.17. The van der Waals surface area contributed by atoms with Gasteiger partial charge in [-0.3, -0.25) is 4.98 Å². The van der Waals surface area contributed by atoms with Gasteiger partial charge in [-0.1, -0.05) is 158 Å². The SMILES string of the molecule is c1ccc(-c2nc(-c3cccc(-c4cc5ccc6cccc7c8cccc9ccc%10cccc(c(c4)c5c67)c%10c98)c3)nc(-c3ccccc3-c3cccnc3)n2)cc1. The number of fused-ring (bicyclic) bond motifs is 2. The van der Waals surface area contributed by atoms with Crippen LogP contribution in [0.4, 0.5) is 0 Å². The largest absolute Gasteiger partial charge is 0.264 e. The van der Waals surface area contributed by atoms with Crippen molar-refractivity contribution in [3.8, 4) is 56.4 Å². The van der Waals surface area contributed by atoms with Crippen molar-refractivity contribution in [3.05, 3.63) is 194 Å². The zero-order valence-electron chi connectivity index (χ0n) is 31.3. The molecule has 0 amide bonds. The molecule has 0 aliphatic rings. The first-order chi connectivity index (χ1) is 28.7. The van der Waals surface area contributed by atoms with Crippen LogP contribution in [0.15, 0.2) is 194 Å². The number of hydrogen-bond donors (Lipinski definition) is 0. The van der Waals surface area contributed by atoms with Crippen molar-refractivity contribution < 1.29 is 0 Å². The molecule has 2 heterocycles. The Labute approximate surface area is 334 Å². The zero-order valence-corrected chi connectivity index (χ0v) is 31.3. The summed E-state index contributed by atoms with van der Waals surface area (Å²) in [5, 5.41) is 15.2. The summed E-state index contributed by atoms with van der Waals surface area (Å²) in [7, 11) is 0. The Morgan fingerprint density at radius 2 is 0.793 bits per heavy atom. The van der Waals surface area contributed by atoms with Crippen LogP contribution in [0.25, 0.3) is 121 Å². The van der Waals surface area contributed by atoms with E-state index in [2.05, 4.69) is 138 Å². The first-order valence-electron chi connectivity index (χ1n) is 19.6. The van der Waals surface area contributed by atoms with Crippen molar-refractivity contribution in [1.29, 1.82) is 0 Å². The Balaban J connectivity index is 1.11. The van der Waals surface area contributed by atoms with Crippen molar-refractivity contribution in [1.82, 2.24) is 19.9 Å². The van der Waals surface area contributed by atoms with Crippen LogP contribution < -0.4 is 0 Å². The molecule has 0 aliphatic heterocycles. The van der Waals surface area contributed by atoms with Gasteiger partial charge in [-0.05, 0) is 106 Å². The van der Waals surface area contributed by atoms with E-state index in [9.17, 15) is 0 Å². The number of hydrogen-bond acceptors (Lipinski definition) is 4. The van der Waals surface area contributed by atoms with Crippen LogP contribution in [0.2, 0.25) is 0 Å². The predicted octanol–water partition coefficient (Wildman–Crippen LogP) is 14.0. The lowest BCUT2D eigenvalue weighted by atomic mass is 9.86. The van der Waals surface area contributed by atoms with Gasteiger partial charge in [-0.25, -0.2) is 15.0 Å². The number of aromatic nitrogens is 4. The Morgan fingerprint density at radius 1 is 0.276 bits per heavy atom. The summed E-state index contributed by atoms with van der Waals surface area (Å²) in [5.74, 6) is 1.85. The van der Waals surface area contributed by atoms with Crippen LogP contribution in [0.5, 0.6) is 0 Å². The van der Waals surface area contributed by atoms with Crippen LogP contribution in [0, 0.1) is 0 Å². The van der Waals surface area contributed by atoms with Crippen LogP contribution in [0.1, 0.15) is 0 Å². The van der Waals surface area contributed by atoms with E-state index in [0.29, 0.717) is 17.5 Å². The van der Waals surface area contributed by atoms with Crippen LogP contribution >= 0.6 is 0 Å². The smallest absolute Gasteiger partial charge is 0.164 e. The van der Waals surface area contributed by atoms with E-state index in [4.69, 9.17) is 15.0 Å². The van der Waals surface area contributed by atoms with Crippen molar-refractivity contribution in [2.75, 3.05) is 0 Å². The second-order valence-corrected chi connectivity index (χ2v) is 15.0. The molecule has 4 nitrogen and oxygen atoms in total. The summed E-state index contributed by atoms with van der Waals surface area (Å²) in [6.07, 6.45) is 3.67. The summed E-state index contributed by atoms with van der Waals surface area (Å²) in [5.41, 5.74) is 7.02. The Hall–Kier alpha value is -7.82. The fourth-order valence-electron chi connectivity index (χ4n) is 9.08. The zero-order chi connectivity index (χ0) is 38.2. The highest BCUT2D eigenvalue weighted by Gasteiger charge is 2.19. The first kappa shape index (κ1) is 32.4. The van der Waals surface area contributed by atoms with Gasteiger partial charge >= 0.3 is 0 Å². The molecule has 58 heavy (non-hydrogen) atoms. The van der Waals surface area contributed by atoms with Gasteiger partial charge in [0.1, 0.15) is 0 Å². The normalized spacial score (nSPS) is 11.8. The standard InChI is InChI=1S/C54H32N4/c1-2-11-36(12-3-1)52-56-53(58-54(57-52)46-20-5-4-19-42(46)40-18-10-28-55-32-40)39-17-6-16-37(29-39)41-30-38-27-26-35-14-8-22-44-43-21-7-13-33-24-25-34-15-9-23-45(50(34)48(33)43)47(31-41)51(38)49(35)44/h1-32H. The van der Waals surface area contributed by atoms with Gasteiger partial charge in [-0.15, -0.1) is 0 Å². The van der Waals surface area contributed by atoms with Gasteiger partial charge in [-0.2, -0.15) is 0 Å². The molecule has 10 aromatic carbocycles. The summed E-state index contributed by atoms with van der Waals surface area (Å²) in [6.45, 7) is 0. The van der Waals surface area contributed by atoms with Crippen molar-refractivity contribution in [2.45, 2.75) is 0 Å². The fraction of sp³-hybridized carbons (Fsp3) is 0. The average Bonchev–Trinajstić information content (AvgIpc) is 3.30. The Bertz CT molecular complexity index is 3550. The van der Waals surface area contributed by atoms with E-state index in [0.717, 1.165) is 38.9 Å². The van der Waals surface area contributed by atoms with E-state index in [1.165, 1.54) is 64.6 Å². The van der Waals surface area contributed by atoms with Gasteiger partial charge in [0.15, 0.2) is 17.5 Å². The molecule has 4 heteroatoms. The van der Waals surface area contributed by atoms with E-state index in [1.54, 1.807) is 6.20 Å². The molecule has 0 aliphatic carbocycles. The van der Waals surface area contributed by atoms with Crippen LogP contribution in [0.3, 0.4) is 0 Å². The summed E-state index contributed by atoms with van der Waals surface area (Å²) in [4.78, 5) is 19.8. The second-order valence-electron chi connectivity index (χ2n) is 15.0. The lowest BCUT2D eigenvalue weighted by Crippen LogP contribution is -2.01. The highest BCUT2D eigenvalue weighted by Crippen LogP contribution is 2.44. The van der Waals surface area contributed by atoms with Crippen LogP contribution in [-0.2, 0) is 0 Å². The third-order valence-corrected chi connectivity index (χ3v) is 11.7. The third kappa shape index (κ3) is 5.09. The molecule has 0 radical (unpaired) electrons. The van der Waals surface area contributed by atoms with Crippen LogP contribution in [-0.4, -0.2) is 19.9 Å². The molecule has 268 valence electrons. The predicted molar refractivity (Wildman–Crippen MR) is 241 cm³/mol. The van der Waals surface area contributed by atoms with E-state index < -0.39 is 0 Å². The minimum absolute atomic E-state index is 0.612. The molecule has 0 atom stereocenters. The maximum absolute atomic E-state index is 5.20. The molecule has 0 bridgehead atoms. The van der Waals surface area contributed by atoms with E-state index in [-0.39, 0.29) is 0 Å². The number of rotatable bonds is 5. The van der Waals surface area contributed by atoms with E-state index >= 15 is 0 Å². The molecule has 0 fully saturated rings. The first-order valence-corrected chi connectivity index (χ1v) is 19.6. The molecule has 0 spiro atoms. The summed E-state index contributed by atoms with van der Waals surface area (Å²) >= 11 is 0. The maximum atomic E-state index is 5.20. The monoisotopic (exact) mass is 736 g/mol. The van der Waals surface area contributed by atoms with Crippen molar-refractivity contribution in [3.63, 3.8) is 0 Å². The van der Waals surface area contributed by atoms with Gasteiger partial charge in [0.25, 0.3) is 0 Å². The van der Waals surface area contributed by atoms with Gasteiger partial charge < -0.3 is 0 Å². The molecule has 0 unspecified atom stereocenters. The van der Waals surface area contributed by atoms with Gasteiger partial charge in [0.05, 0.1) is 0 Å². The number of nitrogens with zero attached hydrogens (tertiary/aromatic N) is 4. The minimum atomic E-state index is 0.612. The highest BCUT2D eigenvalue weighted by atomic mass is 15.0. The molecular formula is C54H32N4. The summed E-state index contributed by atoms with van der Waals surface area (Å²) in [6, 6.07) is 65.1. The molecule has 12 aromatic rings. The lowest BCUT2D eigenvalue weighted by molar-refractivity contribution is 1.07. The minimum Gasteiger partial charge on any atom is -0.264 e. The Kier molecular flexibility index (Phi) is 7.20. The maximum Gasteiger partial charge on any atom is 0.164 e. The number of pyridine rings is 1. The van der Waals surface area contributed by atoms with Gasteiger partial charge in [0, 0.05) is 34.6 Å². The quantitative estimate of drug-likeness (QED) is 0.165. The number of benzene rings is 9.